The molecule has 1 aromatic carbocycles. The Balaban J connectivity index is 2.54. The van der Waals surface area contributed by atoms with E-state index in [-0.39, 0.29) is 15.4 Å². The lowest BCUT2D eigenvalue weighted by atomic mass is 9.98. The summed E-state index contributed by atoms with van der Waals surface area (Å²) in [5, 5.41) is 10.9. The first-order valence-electron chi connectivity index (χ1n) is 4.68. The van der Waals surface area contributed by atoms with Crippen molar-refractivity contribution in [1.82, 2.24) is 4.90 Å². The number of benzene rings is 1. The van der Waals surface area contributed by atoms with E-state index in [1.807, 2.05) is 13.1 Å². The summed E-state index contributed by atoms with van der Waals surface area (Å²) in [5.41, 5.74) is 2.10. The summed E-state index contributed by atoms with van der Waals surface area (Å²) < 4.78 is 0. The second-order valence-corrected chi connectivity index (χ2v) is 4.87. The van der Waals surface area contributed by atoms with Crippen molar-refractivity contribution in [3.8, 4) is 0 Å². The van der Waals surface area contributed by atoms with Crippen molar-refractivity contribution in [3.63, 3.8) is 0 Å². The summed E-state index contributed by atoms with van der Waals surface area (Å²) in [7, 11) is 1.97. The zero-order valence-corrected chi connectivity index (χ0v) is 9.90. The number of alkyl halides is 1. The quantitative estimate of drug-likeness (QED) is 0.448. The van der Waals surface area contributed by atoms with Gasteiger partial charge in [0.1, 0.15) is 0 Å². The molecule has 0 aliphatic carbocycles. The molecule has 5 heteroatoms. The molecule has 0 spiro atoms. The molecule has 1 aromatic rings. The standard InChI is InChI=1S/C10H11BrN2O2/c1-12-5-8-7(9(11)6-12)3-2-4-10(8)13(14)15/h2-4,9H,5-6H2,1H3. The summed E-state index contributed by atoms with van der Waals surface area (Å²) in [4.78, 5) is 12.8. The fraction of sp³-hybridized carbons (Fsp3) is 0.400. The van der Waals surface area contributed by atoms with Gasteiger partial charge in [-0.1, -0.05) is 28.1 Å². The fourth-order valence-corrected chi connectivity index (χ4v) is 2.86. The lowest BCUT2D eigenvalue weighted by Crippen LogP contribution is -2.28. The molecule has 4 nitrogen and oxygen atoms in total. The number of nitro groups is 1. The van der Waals surface area contributed by atoms with E-state index in [0.717, 1.165) is 17.7 Å². The van der Waals surface area contributed by atoms with Crippen molar-refractivity contribution in [2.45, 2.75) is 11.4 Å². The maximum absolute atomic E-state index is 10.9. The number of rotatable bonds is 1. The molecule has 1 aliphatic heterocycles. The average molecular weight is 271 g/mol. The predicted octanol–water partition coefficient (Wildman–Crippen LogP) is 2.48. The molecular formula is C10H11BrN2O2. The third kappa shape index (κ3) is 1.89. The van der Waals surface area contributed by atoms with Crippen molar-refractivity contribution in [2.75, 3.05) is 13.6 Å². The Bertz CT molecular complexity index is 408. The van der Waals surface area contributed by atoms with E-state index in [1.165, 1.54) is 0 Å². The molecule has 0 N–H and O–H groups in total. The number of fused-ring (bicyclic) bond motifs is 1. The molecule has 0 aromatic heterocycles. The number of halogens is 1. The van der Waals surface area contributed by atoms with Gasteiger partial charge < -0.3 is 4.90 Å². The highest BCUT2D eigenvalue weighted by atomic mass is 79.9. The van der Waals surface area contributed by atoms with Gasteiger partial charge >= 0.3 is 0 Å². The summed E-state index contributed by atoms with van der Waals surface area (Å²) in [6.45, 7) is 1.53. The second kappa shape index (κ2) is 3.90. The van der Waals surface area contributed by atoms with Crippen LogP contribution in [0.5, 0.6) is 0 Å². The average Bonchev–Trinajstić information content (AvgIpc) is 2.16. The van der Waals surface area contributed by atoms with Gasteiger partial charge in [0.2, 0.25) is 0 Å². The Morgan fingerprint density at radius 1 is 1.60 bits per heavy atom. The van der Waals surface area contributed by atoms with Crippen LogP contribution in [0.25, 0.3) is 0 Å². The molecule has 15 heavy (non-hydrogen) atoms. The highest BCUT2D eigenvalue weighted by Gasteiger charge is 2.27. The molecule has 1 heterocycles. The number of hydrogen-bond donors (Lipinski definition) is 0. The molecule has 0 bridgehead atoms. The lowest BCUT2D eigenvalue weighted by molar-refractivity contribution is -0.385. The van der Waals surface area contributed by atoms with Crippen molar-refractivity contribution >= 4 is 21.6 Å². The van der Waals surface area contributed by atoms with Crippen LogP contribution >= 0.6 is 15.9 Å². The molecule has 0 amide bonds. The number of nitrogens with zero attached hydrogens (tertiary/aromatic N) is 2. The minimum Gasteiger partial charge on any atom is -0.300 e. The number of nitro benzene ring substituents is 1. The van der Waals surface area contributed by atoms with Crippen LogP contribution in [-0.4, -0.2) is 23.4 Å². The zero-order valence-electron chi connectivity index (χ0n) is 8.31. The fourth-order valence-electron chi connectivity index (χ4n) is 1.94. The largest absolute Gasteiger partial charge is 0.300 e. The summed E-state index contributed by atoms with van der Waals surface area (Å²) in [6, 6.07) is 5.27. The van der Waals surface area contributed by atoms with Gasteiger partial charge in [0.15, 0.2) is 0 Å². The third-order valence-electron chi connectivity index (χ3n) is 2.62. The first-order valence-corrected chi connectivity index (χ1v) is 5.60. The van der Waals surface area contributed by atoms with Crippen LogP contribution in [-0.2, 0) is 6.54 Å². The Hall–Kier alpha value is -0.940. The van der Waals surface area contributed by atoms with Crippen molar-refractivity contribution < 1.29 is 4.92 Å². The summed E-state index contributed by atoms with van der Waals surface area (Å²) in [5.74, 6) is 0. The van der Waals surface area contributed by atoms with Gasteiger partial charge in [0, 0.05) is 24.7 Å². The first-order chi connectivity index (χ1) is 7.09. The molecular weight excluding hydrogens is 260 g/mol. The van der Waals surface area contributed by atoms with E-state index in [9.17, 15) is 10.1 Å². The molecule has 0 saturated heterocycles. The van der Waals surface area contributed by atoms with Gasteiger partial charge in [-0.15, -0.1) is 0 Å². The first kappa shape index (κ1) is 10.6. The Kier molecular flexibility index (Phi) is 2.75. The minimum absolute atomic E-state index is 0.186. The molecule has 1 atom stereocenters. The van der Waals surface area contributed by atoms with Gasteiger partial charge in [-0.3, -0.25) is 10.1 Å². The monoisotopic (exact) mass is 270 g/mol. The number of hydrogen-bond acceptors (Lipinski definition) is 3. The molecule has 0 fully saturated rings. The Labute approximate surface area is 96.2 Å². The van der Waals surface area contributed by atoms with E-state index in [0.29, 0.717) is 6.54 Å². The van der Waals surface area contributed by atoms with Crippen LogP contribution in [0.2, 0.25) is 0 Å². The highest BCUT2D eigenvalue weighted by Crippen LogP contribution is 2.36. The van der Waals surface area contributed by atoms with Crippen LogP contribution in [0.4, 0.5) is 5.69 Å². The lowest BCUT2D eigenvalue weighted by Gasteiger charge is -2.28. The second-order valence-electron chi connectivity index (χ2n) is 3.77. The topological polar surface area (TPSA) is 46.4 Å². The van der Waals surface area contributed by atoms with E-state index in [2.05, 4.69) is 20.8 Å². The van der Waals surface area contributed by atoms with E-state index < -0.39 is 0 Å². The van der Waals surface area contributed by atoms with Gasteiger partial charge in [0.05, 0.1) is 9.75 Å². The molecule has 0 saturated carbocycles. The van der Waals surface area contributed by atoms with Gasteiger partial charge in [-0.25, -0.2) is 0 Å². The van der Waals surface area contributed by atoms with Crippen molar-refractivity contribution in [1.29, 1.82) is 0 Å². The summed E-state index contributed by atoms with van der Waals surface area (Å²) in [6.07, 6.45) is 0. The van der Waals surface area contributed by atoms with E-state index in [1.54, 1.807) is 12.1 Å². The maximum atomic E-state index is 10.9. The highest BCUT2D eigenvalue weighted by molar-refractivity contribution is 9.09. The van der Waals surface area contributed by atoms with Crippen LogP contribution in [0.3, 0.4) is 0 Å². The number of likely N-dealkylation sites (N-methyl/N-ethyl adjacent to an activating group) is 1. The van der Waals surface area contributed by atoms with E-state index in [4.69, 9.17) is 0 Å². The maximum Gasteiger partial charge on any atom is 0.274 e. The van der Waals surface area contributed by atoms with Gasteiger partial charge in [-0.05, 0) is 12.6 Å². The molecule has 1 unspecified atom stereocenters. The molecule has 80 valence electrons. The molecule has 1 aliphatic rings. The Morgan fingerprint density at radius 3 is 3.00 bits per heavy atom. The molecule has 2 rings (SSSR count). The Morgan fingerprint density at radius 2 is 2.33 bits per heavy atom. The van der Waals surface area contributed by atoms with Crippen molar-refractivity contribution in [2.24, 2.45) is 0 Å². The van der Waals surface area contributed by atoms with Gasteiger partial charge in [-0.2, -0.15) is 0 Å². The SMILES string of the molecule is CN1Cc2c(cccc2[N+](=O)[O-])C(Br)C1. The summed E-state index contributed by atoms with van der Waals surface area (Å²) >= 11 is 3.55. The van der Waals surface area contributed by atoms with Crippen LogP contribution < -0.4 is 0 Å². The van der Waals surface area contributed by atoms with Crippen LogP contribution in [0.1, 0.15) is 16.0 Å². The van der Waals surface area contributed by atoms with Crippen molar-refractivity contribution in [3.05, 3.63) is 39.4 Å². The smallest absolute Gasteiger partial charge is 0.274 e. The molecule has 0 radical (unpaired) electrons. The normalized spacial score (nSPS) is 21.1. The van der Waals surface area contributed by atoms with Crippen LogP contribution in [0.15, 0.2) is 18.2 Å². The van der Waals surface area contributed by atoms with E-state index >= 15 is 0 Å². The third-order valence-corrected chi connectivity index (χ3v) is 3.40. The zero-order chi connectivity index (χ0) is 11.0. The van der Waals surface area contributed by atoms with Gasteiger partial charge in [0.25, 0.3) is 5.69 Å². The minimum atomic E-state index is -0.308. The predicted molar refractivity (Wildman–Crippen MR) is 61.1 cm³/mol. The van der Waals surface area contributed by atoms with Crippen LogP contribution in [0, 0.1) is 10.1 Å².